The Morgan fingerprint density at radius 2 is 1.88 bits per heavy atom. The summed E-state index contributed by atoms with van der Waals surface area (Å²) in [7, 11) is 0. The Labute approximate surface area is 190 Å². The molecular weight excluding hydrogens is 422 g/mol. The van der Waals surface area contributed by atoms with Gasteiger partial charge in [-0.25, -0.2) is 15.0 Å². The van der Waals surface area contributed by atoms with Gasteiger partial charge in [0.15, 0.2) is 0 Å². The Hall–Kier alpha value is -3.17. The van der Waals surface area contributed by atoms with Gasteiger partial charge in [0, 0.05) is 17.5 Å². The lowest BCUT2D eigenvalue weighted by Crippen LogP contribution is -2.33. The molecule has 1 aromatic carbocycles. The number of nitrogens with zero attached hydrogens (tertiary/aromatic N) is 6. The number of amides is 1. The standard InChI is InChI=1S/C23H25N7OS/c1-14-11-15(2)25-23(24-14)30-20(12-16(3)28-30)27-21(31)13-29-10-6-8-18(29)22-26-17-7-4-5-9-19(17)32-22/h4-5,7,9,11-12,18H,6,8,10,13H2,1-3H3,(H,27,31). The zero-order chi connectivity index (χ0) is 22.2. The molecule has 1 fully saturated rings. The van der Waals surface area contributed by atoms with Crippen LogP contribution in [0.1, 0.15) is 41.0 Å². The Morgan fingerprint density at radius 3 is 2.66 bits per heavy atom. The topological polar surface area (TPSA) is 88.8 Å². The van der Waals surface area contributed by atoms with Gasteiger partial charge < -0.3 is 5.32 Å². The largest absolute Gasteiger partial charge is 0.309 e. The van der Waals surface area contributed by atoms with Crippen LogP contribution in [-0.2, 0) is 4.79 Å². The predicted molar refractivity (Wildman–Crippen MR) is 125 cm³/mol. The zero-order valence-corrected chi connectivity index (χ0v) is 19.2. The SMILES string of the molecule is Cc1cc(C)nc(-n2nc(C)cc2NC(=O)CN2CCCC2c2nc3ccccc3s2)n1. The van der Waals surface area contributed by atoms with Crippen LogP contribution in [0.4, 0.5) is 5.82 Å². The molecule has 1 aliphatic heterocycles. The Kier molecular flexibility index (Phi) is 5.44. The van der Waals surface area contributed by atoms with E-state index < -0.39 is 0 Å². The first-order valence-electron chi connectivity index (χ1n) is 10.7. The Morgan fingerprint density at radius 1 is 1.09 bits per heavy atom. The maximum atomic E-state index is 13.0. The molecule has 164 valence electrons. The summed E-state index contributed by atoms with van der Waals surface area (Å²) in [4.78, 5) is 29.0. The predicted octanol–water partition coefficient (Wildman–Crippen LogP) is 3.97. The molecule has 1 saturated heterocycles. The maximum Gasteiger partial charge on any atom is 0.252 e. The van der Waals surface area contributed by atoms with Crippen LogP contribution in [0, 0.1) is 20.8 Å². The lowest BCUT2D eigenvalue weighted by atomic mass is 10.2. The molecule has 9 heteroatoms. The first-order chi connectivity index (χ1) is 15.5. The van der Waals surface area contributed by atoms with E-state index in [1.165, 1.54) is 4.70 Å². The van der Waals surface area contributed by atoms with Gasteiger partial charge in [-0.2, -0.15) is 9.78 Å². The van der Waals surface area contributed by atoms with E-state index in [9.17, 15) is 4.79 Å². The van der Waals surface area contributed by atoms with Gasteiger partial charge in [0.25, 0.3) is 5.95 Å². The summed E-state index contributed by atoms with van der Waals surface area (Å²) >= 11 is 1.72. The molecule has 8 nitrogen and oxygen atoms in total. The van der Waals surface area contributed by atoms with E-state index in [2.05, 4.69) is 31.3 Å². The number of rotatable bonds is 5. The van der Waals surface area contributed by atoms with E-state index in [-0.39, 0.29) is 11.9 Å². The number of para-hydroxylation sites is 1. The van der Waals surface area contributed by atoms with Crippen LogP contribution in [0.15, 0.2) is 36.4 Å². The van der Waals surface area contributed by atoms with E-state index in [1.807, 2.05) is 51.1 Å². The zero-order valence-electron chi connectivity index (χ0n) is 18.4. The number of aryl methyl sites for hydroxylation is 3. The highest BCUT2D eigenvalue weighted by Crippen LogP contribution is 2.36. The quantitative estimate of drug-likeness (QED) is 0.498. The molecule has 0 saturated carbocycles. The number of likely N-dealkylation sites (tertiary alicyclic amines) is 1. The molecule has 32 heavy (non-hydrogen) atoms. The third-order valence-electron chi connectivity index (χ3n) is 5.56. The average molecular weight is 448 g/mol. The van der Waals surface area contributed by atoms with Crippen LogP contribution in [-0.4, -0.2) is 48.6 Å². The van der Waals surface area contributed by atoms with Crippen molar-refractivity contribution in [3.63, 3.8) is 0 Å². The first kappa shape index (κ1) is 20.7. The summed E-state index contributed by atoms with van der Waals surface area (Å²) in [6, 6.07) is 12.1. The minimum Gasteiger partial charge on any atom is -0.309 e. The van der Waals surface area contributed by atoms with E-state index in [4.69, 9.17) is 4.98 Å². The van der Waals surface area contributed by atoms with Crippen LogP contribution in [0.2, 0.25) is 0 Å². The van der Waals surface area contributed by atoms with Crippen LogP contribution >= 0.6 is 11.3 Å². The second-order valence-electron chi connectivity index (χ2n) is 8.23. The number of hydrogen-bond donors (Lipinski definition) is 1. The number of benzene rings is 1. The molecule has 5 rings (SSSR count). The Balaban J connectivity index is 1.33. The molecule has 1 aliphatic rings. The molecule has 1 unspecified atom stereocenters. The minimum absolute atomic E-state index is 0.0801. The van der Waals surface area contributed by atoms with Crippen molar-refractivity contribution >= 4 is 33.3 Å². The van der Waals surface area contributed by atoms with Crippen molar-refractivity contribution in [3.05, 3.63) is 58.5 Å². The third-order valence-corrected chi connectivity index (χ3v) is 6.70. The second kappa shape index (κ2) is 8.40. The van der Waals surface area contributed by atoms with E-state index in [0.717, 1.165) is 47.0 Å². The van der Waals surface area contributed by atoms with E-state index in [1.54, 1.807) is 16.0 Å². The normalized spacial score (nSPS) is 16.7. The summed E-state index contributed by atoms with van der Waals surface area (Å²) in [6.07, 6.45) is 2.07. The fourth-order valence-corrected chi connectivity index (χ4v) is 5.37. The van der Waals surface area contributed by atoms with Gasteiger partial charge in [0.1, 0.15) is 10.8 Å². The van der Waals surface area contributed by atoms with Gasteiger partial charge in [-0.05, 0) is 58.4 Å². The van der Waals surface area contributed by atoms with Crippen molar-refractivity contribution < 1.29 is 4.79 Å². The van der Waals surface area contributed by atoms with Gasteiger partial charge in [0.05, 0.1) is 28.5 Å². The molecule has 4 aromatic rings. The molecule has 1 atom stereocenters. The third kappa shape index (κ3) is 4.13. The highest BCUT2D eigenvalue weighted by Gasteiger charge is 2.30. The second-order valence-corrected chi connectivity index (χ2v) is 9.29. The highest BCUT2D eigenvalue weighted by molar-refractivity contribution is 7.18. The van der Waals surface area contributed by atoms with Crippen molar-refractivity contribution in [1.82, 2.24) is 29.6 Å². The van der Waals surface area contributed by atoms with Gasteiger partial charge in [-0.1, -0.05) is 12.1 Å². The van der Waals surface area contributed by atoms with Crippen molar-refractivity contribution in [2.75, 3.05) is 18.4 Å². The molecule has 4 heterocycles. The summed E-state index contributed by atoms with van der Waals surface area (Å²) in [6.45, 7) is 6.91. The molecule has 3 aromatic heterocycles. The van der Waals surface area contributed by atoms with Crippen LogP contribution in [0.25, 0.3) is 16.2 Å². The van der Waals surface area contributed by atoms with Crippen LogP contribution in [0.5, 0.6) is 0 Å². The lowest BCUT2D eigenvalue weighted by Gasteiger charge is -2.22. The summed E-state index contributed by atoms with van der Waals surface area (Å²) in [5.74, 6) is 0.955. The number of anilines is 1. The fraction of sp³-hybridized carbons (Fsp3) is 0.348. The molecule has 0 spiro atoms. The molecular formula is C23H25N7OS. The monoisotopic (exact) mass is 447 g/mol. The molecule has 0 radical (unpaired) electrons. The molecule has 0 aliphatic carbocycles. The maximum absolute atomic E-state index is 13.0. The highest BCUT2D eigenvalue weighted by atomic mass is 32.1. The molecule has 0 bridgehead atoms. The van der Waals surface area contributed by atoms with E-state index >= 15 is 0 Å². The Bertz CT molecular complexity index is 1240. The molecule has 1 amide bonds. The number of aromatic nitrogens is 5. The summed E-state index contributed by atoms with van der Waals surface area (Å²) in [5.41, 5.74) is 3.52. The van der Waals surface area contributed by atoms with Crippen LogP contribution in [0.3, 0.4) is 0 Å². The number of thiazole rings is 1. The van der Waals surface area contributed by atoms with Crippen molar-refractivity contribution in [2.45, 2.75) is 39.7 Å². The average Bonchev–Trinajstić information content (AvgIpc) is 3.45. The number of fused-ring (bicyclic) bond motifs is 1. The van der Waals surface area contributed by atoms with Crippen molar-refractivity contribution in [3.8, 4) is 5.95 Å². The molecule has 1 N–H and O–H groups in total. The number of nitrogens with one attached hydrogen (secondary N) is 1. The summed E-state index contributed by atoms with van der Waals surface area (Å²) < 4.78 is 2.79. The van der Waals surface area contributed by atoms with E-state index in [0.29, 0.717) is 18.3 Å². The first-order valence-corrected chi connectivity index (χ1v) is 11.6. The smallest absolute Gasteiger partial charge is 0.252 e. The van der Waals surface area contributed by atoms with Gasteiger partial charge >= 0.3 is 0 Å². The van der Waals surface area contributed by atoms with Crippen molar-refractivity contribution in [2.24, 2.45) is 0 Å². The van der Waals surface area contributed by atoms with Crippen LogP contribution < -0.4 is 5.32 Å². The van der Waals surface area contributed by atoms with Gasteiger partial charge in [0.2, 0.25) is 5.91 Å². The minimum atomic E-state index is -0.0801. The summed E-state index contributed by atoms with van der Waals surface area (Å²) in [5, 5.41) is 8.59. The fourth-order valence-electron chi connectivity index (χ4n) is 4.24. The number of carbonyl (C=O) groups excluding carboxylic acids is 1. The number of carbonyl (C=O) groups is 1. The van der Waals surface area contributed by atoms with Gasteiger partial charge in [-0.15, -0.1) is 11.3 Å². The lowest BCUT2D eigenvalue weighted by molar-refractivity contribution is -0.117. The van der Waals surface area contributed by atoms with Gasteiger partial charge in [-0.3, -0.25) is 9.69 Å². The number of hydrogen-bond acceptors (Lipinski definition) is 7. The van der Waals surface area contributed by atoms with Crippen molar-refractivity contribution in [1.29, 1.82) is 0 Å².